The van der Waals surface area contributed by atoms with Gasteiger partial charge in [0.2, 0.25) is 0 Å². The van der Waals surface area contributed by atoms with Crippen molar-refractivity contribution in [2.45, 2.75) is 50.8 Å². The van der Waals surface area contributed by atoms with E-state index in [9.17, 15) is 10.4 Å². The first-order valence-corrected chi connectivity index (χ1v) is 7.49. The maximum atomic E-state index is 10.00. The Hall–Kier alpha value is -0.630. The van der Waals surface area contributed by atoms with Crippen molar-refractivity contribution in [2.75, 3.05) is 27.2 Å². The van der Waals surface area contributed by atoms with Crippen LogP contribution in [0.2, 0.25) is 0 Å². The number of aliphatic hydroxyl groups is 1. The van der Waals surface area contributed by atoms with Gasteiger partial charge in [0.05, 0.1) is 18.1 Å². The number of likely N-dealkylation sites (N-methyl/N-ethyl adjacent to an activating group) is 1. The highest BCUT2D eigenvalue weighted by molar-refractivity contribution is 5.01. The van der Waals surface area contributed by atoms with Gasteiger partial charge < -0.3 is 10.0 Å². The van der Waals surface area contributed by atoms with Crippen LogP contribution in [0.15, 0.2) is 0 Å². The van der Waals surface area contributed by atoms with Gasteiger partial charge in [-0.25, -0.2) is 0 Å². The third-order valence-electron chi connectivity index (χ3n) is 4.68. The van der Waals surface area contributed by atoms with Crippen LogP contribution >= 0.6 is 0 Å². The topological polar surface area (TPSA) is 50.5 Å². The highest BCUT2D eigenvalue weighted by Crippen LogP contribution is 2.35. The lowest BCUT2D eigenvalue weighted by Gasteiger charge is -2.40. The van der Waals surface area contributed by atoms with Crippen LogP contribution in [0, 0.1) is 23.2 Å². The van der Waals surface area contributed by atoms with E-state index in [0.717, 1.165) is 32.4 Å². The predicted molar refractivity (Wildman–Crippen MR) is 75.6 cm³/mol. The molecule has 19 heavy (non-hydrogen) atoms. The molecule has 108 valence electrons. The van der Waals surface area contributed by atoms with Gasteiger partial charge in [-0.1, -0.05) is 6.92 Å². The fourth-order valence-corrected chi connectivity index (χ4v) is 3.79. The Morgan fingerprint density at radius 2 is 2.05 bits per heavy atom. The van der Waals surface area contributed by atoms with Crippen LogP contribution in [0.5, 0.6) is 0 Å². The van der Waals surface area contributed by atoms with Gasteiger partial charge in [0.1, 0.15) is 0 Å². The predicted octanol–water partition coefficient (Wildman–Crippen LogP) is 1.31. The third-order valence-corrected chi connectivity index (χ3v) is 4.68. The van der Waals surface area contributed by atoms with E-state index < -0.39 is 0 Å². The highest BCUT2D eigenvalue weighted by Gasteiger charge is 2.41. The van der Waals surface area contributed by atoms with Gasteiger partial charge in [-0.05, 0) is 45.7 Å². The lowest BCUT2D eigenvalue weighted by Crippen LogP contribution is -2.49. The van der Waals surface area contributed by atoms with Crippen molar-refractivity contribution in [1.29, 1.82) is 5.26 Å². The zero-order valence-electron chi connectivity index (χ0n) is 12.4. The van der Waals surface area contributed by atoms with Crippen molar-refractivity contribution in [3.63, 3.8) is 0 Å². The molecule has 1 saturated carbocycles. The second-order valence-electron chi connectivity index (χ2n) is 6.72. The summed E-state index contributed by atoms with van der Waals surface area (Å²) < 4.78 is 0. The average molecular weight is 265 g/mol. The molecule has 1 N–H and O–H groups in total. The van der Waals surface area contributed by atoms with E-state index in [1.165, 1.54) is 6.42 Å². The summed E-state index contributed by atoms with van der Waals surface area (Å²) in [6.07, 6.45) is 3.92. The van der Waals surface area contributed by atoms with Crippen molar-refractivity contribution in [2.24, 2.45) is 11.8 Å². The van der Waals surface area contributed by atoms with Gasteiger partial charge in [-0.2, -0.15) is 5.26 Å². The molecule has 1 saturated heterocycles. The van der Waals surface area contributed by atoms with Crippen molar-refractivity contribution in [3.05, 3.63) is 0 Å². The van der Waals surface area contributed by atoms with E-state index in [0.29, 0.717) is 18.0 Å². The van der Waals surface area contributed by atoms with Crippen molar-refractivity contribution >= 4 is 0 Å². The molecule has 0 spiro atoms. The first-order valence-electron chi connectivity index (χ1n) is 7.49. The smallest absolute Gasteiger partial charge is 0.0682 e. The summed E-state index contributed by atoms with van der Waals surface area (Å²) in [6, 6.07) is 3.25. The number of rotatable bonds is 3. The summed E-state index contributed by atoms with van der Waals surface area (Å²) in [5.74, 6) is 0.846. The van der Waals surface area contributed by atoms with E-state index in [-0.39, 0.29) is 12.0 Å². The average Bonchev–Trinajstić information content (AvgIpc) is 2.69. The molecule has 4 heteroatoms. The summed E-state index contributed by atoms with van der Waals surface area (Å²) in [5.41, 5.74) is 0. The SMILES string of the molecule is CC1CCC(C#N)C(N2CC(O)CC2CN(C)C)C1. The van der Waals surface area contributed by atoms with Gasteiger partial charge in [0.15, 0.2) is 0 Å². The normalized spacial score (nSPS) is 40.5. The molecule has 0 bridgehead atoms. The van der Waals surface area contributed by atoms with E-state index in [1.807, 2.05) is 0 Å². The minimum absolute atomic E-state index is 0.145. The maximum Gasteiger partial charge on any atom is 0.0682 e. The van der Waals surface area contributed by atoms with Crippen LogP contribution < -0.4 is 0 Å². The van der Waals surface area contributed by atoms with Crippen molar-refractivity contribution in [1.82, 2.24) is 9.80 Å². The Bertz CT molecular complexity index is 339. The van der Waals surface area contributed by atoms with E-state index in [2.05, 4.69) is 36.9 Å². The second kappa shape index (κ2) is 6.21. The summed E-state index contributed by atoms with van der Waals surface area (Å²) in [4.78, 5) is 4.61. The molecular weight excluding hydrogens is 238 g/mol. The van der Waals surface area contributed by atoms with Gasteiger partial charge in [0, 0.05) is 25.2 Å². The number of hydrogen-bond donors (Lipinski definition) is 1. The summed E-state index contributed by atoms with van der Waals surface area (Å²) in [6.45, 7) is 4.00. The Labute approximate surface area is 117 Å². The monoisotopic (exact) mass is 265 g/mol. The molecule has 1 aliphatic carbocycles. The molecule has 2 fully saturated rings. The molecule has 2 rings (SSSR count). The number of nitrogens with zero attached hydrogens (tertiary/aromatic N) is 3. The molecule has 1 heterocycles. The number of β-amino-alcohol motifs (C(OH)–C–C–N with tert-alkyl or cyclic N) is 1. The number of aliphatic hydroxyl groups excluding tert-OH is 1. The van der Waals surface area contributed by atoms with Crippen LogP contribution in [0.1, 0.15) is 32.6 Å². The standard InChI is InChI=1S/C15H27N3O/c1-11-4-5-12(8-16)15(6-11)18-10-14(19)7-13(18)9-17(2)3/h11-15,19H,4-7,9-10H2,1-3H3. The largest absolute Gasteiger partial charge is 0.392 e. The summed E-state index contributed by atoms with van der Waals surface area (Å²) >= 11 is 0. The third kappa shape index (κ3) is 3.47. The van der Waals surface area contributed by atoms with E-state index in [1.54, 1.807) is 0 Å². The molecule has 2 aliphatic rings. The highest BCUT2D eigenvalue weighted by atomic mass is 16.3. The molecule has 0 radical (unpaired) electrons. The molecular formula is C15H27N3O. The molecule has 1 aliphatic heterocycles. The van der Waals surface area contributed by atoms with Crippen LogP contribution in [-0.2, 0) is 0 Å². The first kappa shape index (κ1) is 14.8. The Balaban J connectivity index is 2.10. The van der Waals surface area contributed by atoms with Crippen molar-refractivity contribution in [3.8, 4) is 6.07 Å². The number of likely N-dealkylation sites (tertiary alicyclic amines) is 1. The summed E-state index contributed by atoms with van der Waals surface area (Å²) in [5, 5.41) is 19.4. The van der Waals surface area contributed by atoms with Crippen LogP contribution in [0.4, 0.5) is 0 Å². The lowest BCUT2D eigenvalue weighted by molar-refractivity contribution is 0.0748. The molecule has 5 unspecified atom stereocenters. The number of nitriles is 1. The van der Waals surface area contributed by atoms with Gasteiger partial charge in [-0.15, -0.1) is 0 Å². The quantitative estimate of drug-likeness (QED) is 0.836. The lowest BCUT2D eigenvalue weighted by atomic mass is 9.78. The van der Waals surface area contributed by atoms with Crippen LogP contribution in [-0.4, -0.2) is 60.3 Å². The zero-order chi connectivity index (χ0) is 14.0. The zero-order valence-corrected chi connectivity index (χ0v) is 12.4. The minimum Gasteiger partial charge on any atom is -0.392 e. The molecule has 0 amide bonds. The Morgan fingerprint density at radius 1 is 1.32 bits per heavy atom. The molecule has 0 aromatic carbocycles. The molecule has 0 aromatic rings. The Morgan fingerprint density at radius 3 is 2.68 bits per heavy atom. The van der Waals surface area contributed by atoms with Crippen LogP contribution in [0.3, 0.4) is 0 Å². The molecule has 0 aromatic heterocycles. The van der Waals surface area contributed by atoms with Crippen LogP contribution in [0.25, 0.3) is 0 Å². The minimum atomic E-state index is -0.221. The first-order chi connectivity index (χ1) is 9.01. The summed E-state index contributed by atoms with van der Waals surface area (Å²) in [7, 11) is 4.16. The molecule has 5 atom stereocenters. The maximum absolute atomic E-state index is 10.00. The van der Waals surface area contributed by atoms with E-state index in [4.69, 9.17) is 0 Å². The fraction of sp³-hybridized carbons (Fsp3) is 0.933. The number of hydrogen-bond acceptors (Lipinski definition) is 4. The fourth-order valence-electron chi connectivity index (χ4n) is 3.79. The van der Waals surface area contributed by atoms with Gasteiger partial charge >= 0.3 is 0 Å². The van der Waals surface area contributed by atoms with E-state index >= 15 is 0 Å². The van der Waals surface area contributed by atoms with Crippen molar-refractivity contribution < 1.29 is 5.11 Å². The van der Waals surface area contributed by atoms with Gasteiger partial charge in [-0.3, -0.25) is 4.90 Å². The second-order valence-corrected chi connectivity index (χ2v) is 6.72. The molecule has 4 nitrogen and oxygen atoms in total. The Kier molecular flexibility index (Phi) is 4.83. The van der Waals surface area contributed by atoms with Gasteiger partial charge in [0.25, 0.3) is 0 Å².